The summed E-state index contributed by atoms with van der Waals surface area (Å²) in [4.78, 5) is 39.4. The van der Waals surface area contributed by atoms with Crippen molar-refractivity contribution in [1.29, 1.82) is 0 Å². The number of likely N-dealkylation sites (tertiary alicyclic amines) is 1. The molecule has 0 saturated carbocycles. The van der Waals surface area contributed by atoms with E-state index in [1.54, 1.807) is 6.92 Å². The third-order valence-corrected chi connectivity index (χ3v) is 6.80. The molecule has 0 spiro atoms. The highest BCUT2D eigenvalue weighted by Crippen LogP contribution is 2.21. The standard InChI is InChI=1S/C30H41N3O5/c1-2-37-29(35)27(32-30(36)38-23-26-12-7-4-8-13-26)14-9-15-28(34)31-19-16-24-17-20-33(21-18-24)22-25-10-5-3-6-11-25/h3-8,10-13,24,27H,2,9,14-23H2,1H3,(H,31,34)(H,32,36)/t27-/m0/s1. The van der Waals surface area contributed by atoms with Gasteiger partial charge in [-0.15, -0.1) is 0 Å². The SMILES string of the molecule is CCOC(=O)[C@H](CCCC(=O)NCCC1CCN(Cc2ccccc2)CC1)NC(=O)OCc1ccccc1. The minimum absolute atomic E-state index is 0.0409. The predicted molar refractivity (Wildman–Crippen MR) is 146 cm³/mol. The van der Waals surface area contributed by atoms with Crippen molar-refractivity contribution in [3.8, 4) is 0 Å². The average Bonchev–Trinajstić information content (AvgIpc) is 2.93. The molecule has 0 aliphatic carbocycles. The van der Waals surface area contributed by atoms with Crippen molar-refractivity contribution in [1.82, 2.24) is 15.5 Å². The summed E-state index contributed by atoms with van der Waals surface area (Å²) in [5.41, 5.74) is 2.20. The van der Waals surface area contributed by atoms with Gasteiger partial charge in [-0.3, -0.25) is 9.69 Å². The van der Waals surface area contributed by atoms with Gasteiger partial charge in [0.1, 0.15) is 12.6 Å². The molecule has 2 amide bonds. The summed E-state index contributed by atoms with van der Waals surface area (Å²) in [6.07, 6.45) is 3.62. The van der Waals surface area contributed by atoms with Crippen LogP contribution in [0.25, 0.3) is 0 Å². The molecule has 3 rings (SSSR count). The normalized spacial score (nSPS) is 14.9. The van der Waals surface area contributed by atoms with Crippen molar-refractivity contribution in [3.05, 3.63) is 71.8 Å². The molecular weight excluding hydrogens is 482 g/mol. The molecule has 1 atom stereocenters. The molecule has 1 fully saturated rings. The van der Waals surface area contributed by atoms with Crippen LogP contribution >= 0.6 is 0 Å². The Kier molecular flexibility index (Phi) is 12.6. The molecule has 1 saturated heterocycles. The average molecular weight is 524 g/mol. The van der Waals surface area contributed by atoms with Crippen LogP contribution in [0.15, 0.2) is 60.7 Å². The van der Waals surface area contributed by atoms with Gasteiger partial charge >= 0.3 is 12.1 Å². The highest BCUT2D eigenvalue weighted by molar-refractivity contribution is 5.81. The zero-order chi connectivity index (χ0) is 27.0. The molecule has 2 aromatic rings. The monoisotopic (exact) mass is 523 g/mol. The number of carbonyl (C=O) groups excluding carboxylic acids is 3. The number of rotatable bonds is 14. The van der Waals surface area contributed by atoms with Crippen LogP contribution in [-0.2, 0) is 32.2 Å². The van der Waals surface area contributed by atoms with Gasteiger partial charge in [0.15, 0.2) is 0 Å². The molecule has 0 bridgehead atoms. The van der Waals surface area contributed by atoms with E-state index >= 15 is 0 Å². The van der Waals surface area contributed by atoms with E-state index in [9.17, 15) is 14.4 Å². The van der Waals surface area contributed by atoms with Crippen molar-refractivity contribution in [2.45, 2.75) is 64.6 Å². The largest absolute Gasteiger partial charge is 0.464 e. The van der Waals surface area contributed by atoms with E-state index in [0.717, 1.165) is 44.5 Å². The third kappa shape index (κ3) is 10.9. The van der Waals surface area contributed by atoms with Crippen LogP contribution in [0.4, 0.5) is 4.79 Å². The first-order valence-corrected chi connectivity index (χ1v) is 13.7. The quantitative estimate of drug-likeness (QED) is 0.356. The molecule has 1 heterocycles. The van der Waals surface area contributed by atoms with Crippen LogP contribution < -0.4 is 10.6 Å². The second kappa shape index (κ2) is 16.5. The number of carbonyl (C=O) groups is 3. The number of ether oxygens (including phenoxy) is 2. The van der Waals surface area contributed by atoms with E-state index in [0.29, 0.717) is 25.3 Å². The van der Waals surface area contributed by atoms with Gasteiger partial charge in [-0.2, -0.15) is 0 Å². The Morgan fingerprint density at radius 1 is 0.947 bits per heavy atom. The lowest BCUT2D eigenvalue weighted by Crippen LogP contribution is -2.42. The van der Waals surface area contributed by atoms with Crippen molar-refractivity contribution in [2.75, 3.05) is 26.2 Å². The number of piperidine rings is 1. The van der Waals surface area contributed by atoms with Gasteiger partial charge in [0.2, 0.25) is 5.91 Å². The van der Waals surface area contributed by atoms with E-state index in [1.165, 1.54) is 5.56 Å². The Morgan fingerprint density at radius 2 is 1.61 bits per heavy atom. The van der Waals surface area contributed by atoms with E-state index in [4.69, 9.17) is 9.47 Å². The topological polar surface area (TPSA) is 97.0 Å². The minimum Gasteiger partial charge on any atom is -0.464 e. The van der Waals surface area contributed by atoms with E-state index in [1.807, 2.05) is 36.4 Å². The summed E-state index contributed by atoms with van der Waals surface area (Å²) < 4.78 is 10.3. The number of esters is 1. The predicted octanol–water partition coefficient (Wildman–Crippen LogP) is 4.43. The highest BCUT2D eigenvalue weighted by Gasteiger charge is 2.23. The maximum atomic E-state index is 12.4. The number of amides is 2. The second-order valence-electron chi connectivity index (χ2n) is 9.75. The van der Waals surface area contributed by atoms with Crippen LogP contribution in [0.5, 0.6) is 0 Å². The van der Waals surface area contributed by atoms with Crippen LogP contribution in [0, 0.1) is 5.92 Å². The maximum absolute atomic E-state index is 12.4. The van der Waals surface area contributed by atoms with Crippen molar-refractivity contribution >= 4 is 18.0 Å². The summed E-state index contributed by atoms with van der Waals surface area (Å²) in [5, 5.41) is 5.59. The summed E-state index contributed by atoms with van der Waals surface area (Å²) in [6, 6.07) is 19.0. The van der Waals surface area contributed by atoms with Gasteiger partial charge in [-0.05, 0) is 69.2 Å². The first-order valence-electron chi connectivity index (χ1n) is 13.7. The van der Waals surface area contributed by atoms with E-state index < -0.39 is 18.1 Å². The smallest absolute Gasteiger partial charge is 0.408 e. The van der Waals surface area contributed by atoms with Crippen LogP contribution in [0.3, 0.4) is 0 Å². The van der Waals surface area contributed by atoms with Crippen LogP contribution in [0.1, 0.15) is 56.6 Å². The fourth-order valence-electron chi connectivity index (χ4n) is 4.64. The summed E-state index contributed by atoms with van der Waals surface area (Å²) in [7, 11) is 0. The Morgan fingerprint density at radius 3 is 2.26 bits per heavy atom. The fourth-order valence-corrected chi connectivity index (χ4v) is 4.64. The lowest BCUT2D eigenvalue weighted by molar-refractivity contribution is -0.145. The van der Waals surface area contributed by atoms with Gasteiger partial charge in [0, 0.05) is 19.5 Å². The highest BCUT2D eigenvalue weighted by atomic mass is 16.6. The third-order valence-electron chi connectivity index (χ3n) is 6.80. The molecule has 8 heteroatoms. The number of hydrogen-bond acceptors (Lipinski definition) is 6. The number of alkyl carbamates (subject to hydrolysis) is 1. The lowest BCUT2D eigenvalue weighted by atomic mass is 9.93. The molecule has 8 nitrogen and oxygen atoms in total. The minimum atomic E-state index is -0.855. The Bertz CT molecular complexity index is 978. The molecule has 1 aliphatic heterocycles. The summed E-state index contributed by atoms with van der Waals surface area (Å²) in [6.45, 7) is 5.86. The van der Waals surface area contributed by atoms with Crippen LogP contribution in [-0.4, -0.2) is 55.2 Å². The number of benzene rings is 2. The van der Waals surface area contributed by atoms with E-state index in [-0.39, 0.29) is 25.5 Å². The number of hydrogen-bond donors (Lipinski definition) is 2. The van der Waals surface area contributed by atoms with Gasteiger partial charge < -0.3 is 20.1 Å². The van der Waals surface area contributed by atoms with Crippen molar-refractivity contribution in [3.63, 3.8) is 0 Å². The summed E-state index contributed by atoms with van der Waals surface area (Å²) in [5.74, 6) is 0.0607. The van der Waals surface area contributed by atoms with Gasteiger partial charge in [0.05, 0.1) is 6.61 Å². The van der Waals surface area contributed by atoms with Crippen molar-refractivity contribution in [2.24, 2.45) is 5.92 Å². The van der Waals surface area contributed by atoms with Gasteiger partial charge in [-0.1, -0.05) is 60.7 Å². The molecule has 0 unspecified atom stereocenters. The van der Waals surface area contributed by atoms with E-state index in [2.05, 4.69) is 39.8 Å². The van der Waals surface area contributed by atoms with Gasteiger partial charge in [0.25, 0.3) is 0 Å². The molecule has 38 heavy (non-hydrogen) atoms. The zero-order valence-corrected chi connectivity index (χ0v) is 22.4. The Labute approximate surface area is 226 Å². The molecule has 0 radical (unpaired) electrons. The number of nitrogens with zero attached hydrogens (tertiary/aromatic N) is 1. The molecule has 206 valence electrons. The second-order valence-corrected chi connectivity index (χ2v) is 9.75. The van der Waals surface area contributed by atoms with Crippen molar-refractivity contribution < 1.29 is 23.9 Å². The molecular formula is C30H41N3O5. The van der Waals surface area contributed by atoms with Gasteiger partial charge in [-0.25, -0.2) is 9.59 Å². The molecule has 2 aromatic carbocycles. The molecule has 1 aliphatic rings. The molecule has 2 N–H and O–H groups in total. The maximum Gasteiger partial charge on any atom is 0.408 e. The first kappa shape index (κ1) is 29.2. The fraction of sp³-hybridized carbons (Fsp3) is 0.500. The first-order chi connectivity index (χ1) is 18.5. The van der Waals surface area contributed by atoms with Crippen LogP contribution in [0.2, 0.25) is 0 Å². The summed E-state index contributed by atoms with van der Waals surface area (Å²) >= 11 is 0. The number of nitrogens with one attached hydrogen (secondary N) is 2. The Hall–Kier alpha value is -3.39. The lowest BCUT2D eigenvalue weighted by Gasteiger charge is -2.32. The molecule has 0 aromatic heterocycles. The zero-order valence-electron chi connectivity index (χ0n) is 22.4. The Balaban J connectivity index is 1.29.